The van der Waals surface area contributed by atoms with Crippen LogP contribution in [0.15, 0.2) is 79.5 Å². The topological polar surface area (TPSA) is 91.8 Å². The molecule has 0 bridgehead atoms. The third-order valence-electron chi connectivity index (χ3n) is 6.95. The number of amides is 1. The molecule has 1 fully saturated rings. The summed E-state index contributed by atoms with van der Waals surface area (Å²) in [6.07, 6.45) is 8.22. The van der Waals surface area contributed by atoms with Crippen molar-refractivity contribution in [1.82, 2.24) is 29.3 Å². The summed E-state index contributed by atoms with van der Waals surface area (Å²) < 4.78 is 3.66. The van der Waals surface area contributed by atoms with E-state index in [-0.39, 0.29) is 5.91 Å². The highest BCUT2D eigenvalue weighted by Crippen LogP contribution is 2.31. The average Bonchev–Trinajstić information content (AvgIpc) is 3.61. The van der Waals surface area contributed by atoms with E-state index in [0.717, 1.165) is 33.6 Å². The molecule has 10 heteroatoms. The number of benzene rings is 1. The van der Waals surface area contributed by atoms with Crippen molar-refractivity contribution in [3.8, 4) is 22.3 Å². The second-order valence-corrected chi connectivity index (χ2v) is 9.75. The van der Waals surface area contributed by atoms with Gasteiger partial charge in [-0.25, -0.2) is 9.50 Å². The lowest BCUT2D eigenvalue weighted by Gasteiger charge is -2.36. The molecule has 5 aromatic rings. The molecule has 1 amide bonds. The number of carbonyl (C=O) groups is 1. The second kappa shape index (κ2) is 9.92. The Morgan fingerprint density at radius 2 is 1.76 bits per heavy atom. The lowest BCUT2D eigenvalue weighted by atomic mass is 10.0. The first kappa shape index (κ1) is 24.1. The molecule has 1 aliphatic rings. The number of hydrogen-bond acceptors (Lipinski definition) is 6. The Morgan fingerprint density at radius 3 is 2.47 bits per heavy atom. The zero-order chi connectivity index (χ0) is 26.2. The van der Waals surface area contributed by atoms with E-state index in [1.165, 1.54) is 0 Å². The molecule has 4 aromatic heterocycles. The molecule has 6 rings (SSSR count). The van der Waals surface area contributed by atoms with Crippen molar-refractivity contribution in [3.05, 3.63) is 90.1 Å². The van der Waals surface area contributed by atoms with E-state index in [1.54, 1.807) is 40.0 Å². The highest BCUT2D eigenvalue weighted by Gasteiger charge is 2.28. The Labute approximate surface area is 224 Å². The van der Waals surface area contributed by atoms with Crippen LogP contribution in [0.2, 0.25) is 5.02 Å². The van der Waals surface area contributed by atoms with Gasteiger partial charge in [-0.05, 0) is 30.3 Å². The first-order valence-electron chi connectivity index (χ1n) is 12.4. The number of pyridine rings is 2. The summed E-state index contributed by atoms with van der Waals surface area (Å²) in [6.45, 7) is 2.23. The number of carbonyl (C=O) groups excluding carboxylic acids is 1. The fraction of sp³-hybridized carbons (Fsp3) is 0.214. The van der Waals surface area contributed by atoms with E-state index in [2.05, 4.69) is 27.2 Å². The monoisotopic (exact) mass is 527 g/mol. The zero-order valence-electron chi connectivity index (χ0n) is 20.8. The lowest BCUT2D eigenvalue weighted by molar-refractivity contribution is -0.140. The number of aliphatic hydroxyl groups excluding tert-OH is 1. The highest BCUT2D eigenvalue weighted by atomic mass is 35.5. The Morgan fingerprint density at radius 1 is 0.947 bits per heavy atom. The van der Waals surface area contributed by atoms with Crippen molar-refractivity contribution in [2.24, 2.45) is 7.05 Å². The number of halogens is 1. The third-order valence-corrected chi connectivity index (χ3v) is 7.30. The van der Waals surface area contributed by atoms with Crippen LogP contribution in [0.4, 0.5) is 5.82 Å². The maximum absolute atomic E-state index is 12.9. The Kier molecular flexibility index (Phi) is 6.30. The molecule has 1 aromatic carbocycles. The number of anilines is 1. The molecule has 1 aliphatic heterocycles. The van der Waals surface area contributed by atoms with Crippen LogP contribution in [0.5, 0.6) is 0 Å². The van der Waals surface area contributed by atoms with Crippen LogP contribution in [0.25, 0.3) is 27.8 Å². The van der Waals surface area contributed by atoms with Crippen molar-refractivity contribution in [3.63, 3.8) is 0 Å². The van der Waals surface area contributed by atoms with Gasteiger partial charge in [0.2, 0.25) is 0 Å². The van der Waals surface area contributed by atoms with Crippen LogP contribution >= 0.6 is 11.6 Å². The van der Waals surface area contributed by atoms with Crippen LogP contribution in [-0.2, 0) is 11.8 Å². The molecule has 9 nitrogen and oxygen atoms in total. The normalized spacial score (nSPS) is 14.7. The van der Waals surface area contributed by atoms with Gasteiger partial charge >= 0.3 is 0 Å². The standard InChI is InChI=1S/C28H26ClN7O2/c1-33-17-21(16-32-33)20-14-23(25-8-9-31-36(25)18-20)19-6-7-26(30-15-19)34-10-12-35(13-11-34)28(38)27(37)22-4-2-3-5-24(22)29/h2-9,14-18,27,37H,10-13H2,1H3/t27-/m1/s1. The number of aryl methyl sites for hydroxylation is 1. The van der Waals surface area contributed by atoms with E-state index in [4.69, 9.17) is 16.6 Å². The number of nitrogens with zero attached hydrogens (tertiary/aromatic N) is 7. The van der Waals surface area contributed by atoms with Gasteiger partial charge < -0.3 is 14.9 Å². The van der Waals surface area contributed by atoms with Crippen molar-refractivity contribution in [2.75, 3.05) is 31.1 Å². The summed E-state index contributed by atoms with van der Waals surface area (Å²) in [5, 5.41) is 19.7. The molecule has 1 atom stereocenters. The van der Waals surface area contributed by atoms with Gasteiger partial charge in [0.05, 0.1) is 11.7 Å². The SMILES string of the molecule is Cn1cc(-c2cc(-c3ccc(N4CCN(C(=O)[C@H](O)c5ccccc5Cl)CC4)nc3)c3ccnn3c2)cn1. The minimum atomic E-state index is -1.27. The first-order valence-corrected chi connectivity index (χ1v) is 12.7. The molecule has 0 aliphatic carbocycles. The summed E-state index contributed by atoms with van der Waals surface area (Å²) >= 11 is 6.17. The van der Waals surface area contributed by atoms with E-state index >= 15 is 0 Å². The van der Waals surface area contributed by atoms with Crippen LogP contribution in [-0.4, -0.2) is 66.5 Å². The molecule has 38 heavy (non-hydrogen) atoms. The highest BCUT2D eigenvalue weighted by molar-refractivity contribution is 6.31. The van der Waals surface area contributed by atoms with Gasteiger partial charge in [-0.3, -0.25) is 9.48 Å². The van der Waals surface area contributed by atoms with Crippen molar-refractivity contribution in [2.45, 2.75) is 6.10 Å². The molecule has 0 unspecified atom stereocenters. The number of rotatable bonds is 5. The molecule has 1 N–H and O–H groups in total. The summed E-state index contributed by atoms with van der Waals surface area (Å²) in [5.74, 6) is 0.514. The predicted octanol–water partition coefficient (Wildman–Crippen LogP) is 3.83. The summed E-state index contributed by atoms with van der Waals surface area (Å²) in [6, 6.07) is 15.1. The number of aliphatic hydroxyl groups is 1. The van der Waals surface area contributed by atoms with Crippen LogP contribution in [0.1, 0.15) is 11.7 Å². The maximum atomic E-state index is 12.9. The number of piperazine rings is 1. The molecule has 5 heterocycles. The second-order valence-electron chi connectivity index (χ2n) is 9.35. The number of aromatic nitrogens is 5. The summed E-state index contributed by atoms with van der Waals surface area (Å²) in [4.78, 5) is 21.5. The van der Waals surface area contributed by atoms with Gasteiger partial charge in [0.1, 0.15) is 5.82 Å². The quantitative estimate of drug-likeness (QED) is 0.373. The van der Waals surface area contributed by atoms with Gasteiger partial charge in [-0.2, -0.15) is 10.2 Å². The number of hydrogen-bond donors (Lipinski definition) is 1. The molecule has 192 valence electrons. The van der Waals surface area contributed by atoms with Gasteiger partial charge in [0.25, 0.3) is 5.91 Å². The van der Waals surface area contributed by atoms with Crippen LogP contribution in [0, 0.1) is 0 Å². The molecule has 0 saturated carbocycles. The van der Waals surface area contributed by atoms with Crippen molar-refractivity contribution in [1.29, 1.82) is 0 Å². The van der Waals surface area contributed by atoms with E-state index in [0.29, 0.717) is 36.8 Å². The smallest absolute Gasteiger partial charge is 0.256 e. The minimum absolute atomic E-state index is 0.334. The Balaban J connectivity index is 1.17. The molecule has 1 saturated heterocycles. The zero-order valence-corrected chi connectivity index (χ0v) is 21.5. The van der Waals surface area contributed by atoms with Gasteiger partial charge in [-0.1, -0.05) is 29.8 Å². The number of fused-ring (bicyclic) bond motifs is 1. The van der Waals surface area contributed by atoms with Gasteiger partial charge in [0, 0.05) is 90.9 Å². The third kappa shape index (κ3) is 4.51. The molecular weight excluding hydrogens is 502 g/mol. The van der Waals surface area contributed by atoms with E-state index in [1.807, 2.05) is 48.5 Å². The minimum Gasteiger partial charge on any atom is -0.378 e. The Hall–Kier alpha value is -4.21. The molecular formula is C28H26ClN7O2. The fourth-order valence-corrected chi connectivity index (χ4v) is 5.12. The molecule has 0 spiro atoms. The average molecular weight is 528 g/mol. The van der Waals surface area contributed by atoms with Crippen LogP contribution < -0.4 is 4.90 Å². The van der Waals surface area contributed by atoms with Gasteiger partial charge in [-0.15, -0.1) is 0 Å². The maximum Gasteiger partial charge on any atom is 0.256 e. The fourth-order valence-electron chi connectivity index (χ4n) is 4.88. The van der Waals surface area contributed by atoms with Gasteiger partial charge in [0.15, 0.2) is 6.10 Å². The Bertz CT molecular complexity index is 1600. The largest absolute Gasteiger partial charge is 0.378 e. The lowest BCUT2D eigenvalue weighted by Crippen LogP contribution is -2.50. The van der Waals surface area contributed by atoms with Crippen LogP contribution in [0.3, 0.4) is 0 Å². The summed E-state index contributed by atoms with van der Waals surface area (Å²) in [5.41, 5.74) is 5.49. The van der Waals surface area contributed by atoms with Crippen molar-refractivity contribution >= 4 is 28.8 Å². The molecule has 0 radical (unpaired) electrons. The predicted molar refractivity (Wildman–Crippen MR) is 146 cm³/mol. The summed E-state index contributed by atoms with van der Waals surface area (Å²) in [7, 11) is 1.90. The van der Waals surface area contributed by atoms with E-state index in [9.17, 15) is 9.90 Å². The van der Waals surface area contributed by atoms with Crippen molar-refractivity contribution < 1.29 is 9.90 Å². The first-order chi connectivity index (χ1) is 18.5. The van der Waals surface area contributed by atoms with E-state index < -0.39 is 6.10 Å².